The Bertz CT molecular complexity index is 616. The molecule has 0 spiro atoms. The number of hydrogen-bond acceptors (Lipinski definition) is 3. The van der Waals surface area contributed by atoms with Crippen molar-refractivity contribution in [3.05, 3.63) is 29.0 Å². The number of nitrogens with one attached hydrogen (secondary N) is 1. The zero-order valence-corrected chi connectivity index (χ0v) is 10.8. The monoisotopic (exact) mass is 264 g/mol. The number of H-pyrrole nitrogens is 1. The molecule has 1 aromatic carbocycles. The van der Waals surface area contributed by atoms with Crippen LogP contribution < -0.4 is 0 Å². The normalized spacial score (nSPS) is 16.8. The van der Waals surface area contributed by atoms with E-state index in [-0.39, 0.29) is 5.97 Å². The van der Waals surface area contributed by atoms with E-state index in [2.05, 4.69) is 9.97 Å². The van der Waals surface area contributed by atoms with Gasteiger partial charge in [0.1, 0.15) is 11.2 Å². The van der Waals surface area contributed by atoms with Crippen molar-refractivity contribution in [3.8, 4) is 0 Å². The number of nitrogens with zero attached hydrogens (tertiary/aromatic N) is 1. The molecular formula is C13H13ClN2O2. The summed E-state index contributed by atoms with van der Waals surface area (Å²) in [5.41, 5.74) is 1.12. The topological polar surface area (TPSA) is 55.0 Å². The second-order valence-electron chi connectivity index (χ2n) is 4.55. The van der Waals surface area contributed by atoms with E-state index in [0.29, 0.717) is 17.5 Å². The lowest BCUT2D eigenvalue weighted by Gasteiger charge is -2.10. The Morgan fingerprint density at radius 2 is 2.33 bits per heavy atom. The first kappa shape index (κ1) is 11.5. The van der Waals surface area contributed by atoms with Gasteiger partial charge in [0.2, 0.25) is 0 Å². The number of hydrogen-bond donors (Lipinski definition) is 1. The zero-order chi connectivity index (χ0) is 12.8. The van der Waals surface area contributed by atoms with Crippen LogP contribution in [-0.2, 0) is 14.9 Å². The average molecular weight is 265 g/mol. The van der Waals surface area contributed by atoms with Crippen LogP contribution in [0.25, 0.3) is 11.0 Å². The van der Waals surface area contributed by atoms with Gasteiger partial charge in [0.05, 0.1) is 17.6 Å². The van der Waals surface area contributed by atoms with E-state index in [4.69, 9.17) is 16.3 Å². The maximum Gasteiger partial charge on any atom is 0.319 e. The van der Waals surface area contributed by atoms with Crippen LogP contribution in [0.15, 0.2) is 18.2 Å². The van der Waals surface area contributed by atoms with Gasteiger partial charge in [-0.15, -0.1) is 0 Å². The number of imidazole rings is 1. The molecule has 0 radical (unpaired) electrons. The van der Waals surface area contributed by atoms with Crippen LogP contribution in [0, 0.1) is 0 Å². The van der Waals surface area contributed by atoms with Gasteiger partial charge in [-0.3, -0.25) is 4.79 Å². The highest BCUT2D eigenvalue weighted by Crippen LogP contribution is 2.48. The van der Waals surface area contributed by atoms with Gasteiger partial charge >= 0.3 is 5.97 Å². The second kappa shape index (κ2) is 3.99. The molecule has 2 aromatic rings. The van der Waals surface area contributed by atoms with Gasteiger partial charge in [-0.05, 0) is 38.0 Å². The van der Waals surface area contributed by atoms with Crippen molar-refractivity contribution in [1.29, 1.82) is 0 Å². The highest BCUT2D eigenvalue weighted by atomic mass is 35.5. The molecule has 18 heavy (non-hydrogen) atoms. The third kappa shape index (κ3) is 1.68. The maximum absolute atomic E-state index is 12.0. The van der Waals surface area contributed by atoms with E-state index in [9.17, 15) is 4.79 Å². The zero-order valence-electron chi connectivity index (χ0n) is 10.00. The average Bonchev–Trinajstić information content (AvgIpc) is 3.05. The Kier molecular flexibility index (Phi) is 2.55. The van der Waals surface area contributed by atoms with Gasteiger partial charge in [0.25, 0.3) is 0 Å². The van der Waals surface area contributed by atoms with Gasteiger partial charge in [0.15, 0.2) is 0 Å². The van der Waals surface area contributed by atoms with Crippen LogP contribution in [0.4, 0.5) is 0 Å². The van der Waals surface area contributed by atoms with Crippen molar-refractivity contribution < 1.29 is 9.53 Å². The summed E-state index contributed by atoms with van der Waals surface area (Å²) in [4.78, 5) is 19.6. The van der Waals surface area contributed by atoms with Gasteiger partial charge in [0, 0.05) is 5.02 Å². The number of carbonyl (C=O) groups is 1. The highest BCUT2D eigenvalue weighted by molar-refractivity contribution is 6.31. The third-order valence-electron chi connectivity index (χ3n) is 3.31. The van der Waals surface area contributed by atoms with Gasteiger partial charge in [-0.1, -0.05) is 11.6 Å². The minimum atomic E-state index is -0.554. The molecule has 1 N–H and O–H groups in total. The fraction of sp³-hybridized carbons (Fsp3) is 0.385. The van der Waals surface area contributed by atoms with E-state index < -0.39 is 5.41 Å². The molecule has 0 saturated heterocycles. The molecule has 0 amide bonds. The molecule has 5 heteroatoms. The predicted octanol–water partition coefficient (Wildman–Crippen LogP) is 2.81. The van der Waals surface area contributed by atoms with E-state index >= 15 is 0 Å². The maximum atomic E-state index is 12.0. The summed E-state index contributed by atoms with van der Waals surface area (Å²) < 4.78 is 5.12. The summed E-state index contributed by atoms with van der Waals surface area (Å²) >= 11 is 5.93. The number of benzene rings is 1. The summed E-state index contributed by atoms with van der Waals surface area (Å²) in [7, 11) is 0. The van der Waals surface area contributed by atoms with Crippen molar-refractivity contribution in [2.45, 2.75) is 25.2 Å². The van der Waals surface area contributed by atoms with Crippen molar-refractivity contribution in [3.63, 3.8) is 0 Å². The van der Waals surface area contributed by atoms with Crippen molar-refractivity contribution in [1.82, 2.24) is 9.97 Å². The van der Waals surface area contributed by atoms with E-state index in [1.807, 2.05) is 19.1 Å². The minimum absolute atomic E-state index is 0.185. The van der Waals surface area contributed by atoms with Crippen LogP contribution in [0.3, 0.4) is 0 Å². The molecule has 1 aliphatic carbocycles. The predicted molar refractivity (Wildman–Crippen MR) is 68.6 cm³/mol. The minimum Gasteiger partial charge on any atom is -0.465 e. The number of esters is 1. The van der Waals surface area contributed by atoms with E-state index in [1.54, 1.807) is 6.07 Å². The number of rotatable bonds is 3. The number of ether oxygens (including phenoxy) is 1. The Balaban J connectivity index is 2.02. The van der Waals surface area contributed by atoms with Crippen molar-refractivity contribution in [2.24, 2.45) is 0 Å². The Morgan fingerprint density at radius 3 is 3.00 bits per heavy atom. The SMILES string of the molecule is CCOC(=O)C1(c2nc3ccc(Cl)cc3[nH]2)CC1. The lowest BCUT2D eigenvalue weighted by molar-refractivity contribution is -0.146. The molecule has 4 nitrogen and oxygen atoms in total. The summed E-state index contributed by atoms with van der Waals surface area (Å²) in [6.07, 6.45) is 1.58. The van der Waals surface area contributed by atoms with Gasteiger partial charge in [-0.25, -0.2) is 4.98 Å². The van der Waals surface area contributed by atoms with Crippen LogP contribution >= 0.6 is 11.6 Å². The molecule has 0 aliphatic heterocycles. The summed E-state index contributed by atoms with van der Waals surface area (Å²) in [6.45, 7) is 2.21. The Hall–Kier alpha value is -1.55. The lowest BCUT2D eigenvalue weighted by Crippen LogP contribution is -2.24. The Labute approximate surface area is 109 Å². The number of fused-ring (bicyclic) bond motifs is 1. The fourth-order valence-electron chi connectivity index (χ4n) is 2.14. The molecule has 0 bridgehead atoms. The van der Waals surface area contributed by atoms with Crippen LogP contribution in [0.1, 0.15) is 25.6 Å². The molecule has 1 saturated carbocycles. The number of aromatic nitrogens is 2. The molecule has 94 valence electrons. The number of aromatic amines is 1. The fourth-order valence-corrected chi connectivity index (χ4v) is 2.31. The number of halogens is 1. The first-order chi connectivity index (χ1) is 8.65. The first-order valence-corrected chi connectivity index (χ1v) is 6.36. The van der Waals surface area contributed by atoms with Crippen molar-refractivity contribution in [2.75, 3.05) is 6.61 Å². The molecule has 1 fully saturated rings. The first-order valence-electron chi connectivity index (χ1n) is 5.99. The third-order valence-corrected chi connectivity index (χ3v) is 3.55. The molecule has 0 atom stereocenters. The lowest BCUT2D eigenvalue weighted by atomic mass is 10.1. The van der Waals surface area contributed by atoms with Crippen LogP contribution in [-0.4, -0.2) is 22.5 Å². The summed E-state index contributed by atoms with van der Waals surface area (Å²) in [5.74, 6) is 0.508. The Morgan fingerprint density at radius 1 is 1.56 bits per heavy atom. The molecule has 1 heterocycles. The molecule has 1 aromatic heterocycles. The summed E-state index contributed by atoms with van der Waals surface area (Å²) in [5, 5.41) is 0.652. The molecule has 0 unspecified atom stereocenters. The van der Waals surface area contributed by atoms with Crippen LogP contribution in [0.2, 0.25) is 5.02 Å². The standard InChI is InChI=1S/C13H13ClN2O2/c1-2-18-12(17)13(5-6-13)11-15-9-4-3-8(14)7-10(9)16-11/h3-4,7H,2,5-6H2,1H3,(H,15,16). The quantitative estimate of drug-likeness (QED) is 0.868. The largest absolute Gasteiger partial charge is 0.465 e. The highest BCUT2D eigenvalue weighted by Gasteiger charge is 2.55. The van der Waals surface area contributed by atoms with Gasteiger partial charge in [-0.2, -0.15) is 0 Å². The smallest absolute Gasteiger partial charge is 0.319 e. The molecule has 1 aliphatic rings. The second-order valence-corrected chi connectivity index (χ2v) is 4.99. The van der Waals surface area contributed by atoms with E-state index in [1.165, 1.54) is 0 Å². The molecule has 3 rings (SSSR count). The van der Waals surface area contributed by atoms with E-state index in [0.717, 1.165) is 23.9 Å². The summed E-state index contributed by atoms with van der Waals surface area (Å²) in [6, 6.07) is 5.45. The van der Waals surface area contributed by atoms with Crippen molar-refractivity contribution >= 4 is 28.6 Å². The van der Waals surface area contributed by atoms with Crippen LogP contribution in [0.5, 0.6) is 0 Å². The van der Waals surface area contributed by atoms with Gasteiger partial charge < -0.3 is 9.72 Å². The molecular weight excluding hydrogens is 252 g/mol. The number of carbonyl (C=O) groups excluding carboxylic acids is 1.